The average molecular weight is 176 g/mol. The monoisotopic (exact) mass is 174 g/mol. The van der Waals surface area contributed by atoms with Crippen molar-refractivity contribution in [3.63, 3.8) is 0 Å². The Kier molecular flexibility index (Phi) is 3.33. The fraction of sp³-hybridized carbons (Fsp3) is 0.333. The van der Waals surface area contributed by atoms with Crippen LogP contribution in [0.25, 0.3) is 0 Å². The van der Waals surface area contributed by atoms with Crippen LogP contribution in [0.4, 0.5) is 0 Å². The molecule has 0 saturated heterocycles. The van der Waals surface area contributed by atoms with Crippen molar-refractivity contribution in [3.8, 4) is 0 Å². The molecular formula is C3H5Cl3Si. The predicted octanol–water partition coefficient (Wildman–Crippen LogP) is 1.24. The van der Waals surface area contributed by atoms with Crippen molar-refractivity contribution in [1.29, 1.82) is 0 Å². The number of halogens is 3. The van der Waals surface area contributed by atoms with Crippen LogP contribution in [0.3, 0.4) is 0 Å². The molecule has 4 heteroatoms. The van der Waals surface area contributed by atoms with Crippen LogP contribution in [0.5, 0.6) is 0 Å². The fourth-order valence-electron chi connectivity index (χ4n) is 0.189. The van der Waals surface area contributed by atoms with Gasteiger partial charge in [-0.25, -0.2) is 0 Å². The van der Waals surface area contributed by atoms with Crippen molar-refractivity contribution in [3.05, 3.63) is 11.8 Å². The highest BCUT2D eigenvalue weighted by Gasteiger charge is 2.11. The molecule has 7 heavy (non-hydrogen) atoms. The van der Waals surface area contributed by atoms with Crippen molar-refractivity contribution in [1.82, 2.24) is 0 Å². The van der Waals surface area contributed by atoms with Gasteiger partial charge in [0.25, 0.3) is 0 Å². The molecule has 0 nitrogen and oxygen atoms in total. The third-order valence-electron chi connectivity index (χ3n) is 0.356. The highest BCUT2D eigenvalue weighted by molar-refractivity contribution is 6.69. The van der Waals surface area contributed by atoms with Gasteiger partial charge in [-0.3, -0.25) is 0 Å². The molecule has 42 valence electrons. The number of hydrogen-bond acceptors (Lipinski definition) is 0. The van der Waals surface area contributed by atoms with Crippen molar-refractivity contribution in [2.45, 2.75) is 3.79 Å². The molecule has 0 unspecified atom stereocenters. The van der Waals surface area contributed by atoms with E-state index < -0.39 is 3.79 Å². The summed E-state index contributed by atoms with van der Waals surface area (Å²) in [6.07, 6.45) is 1.55. The summed E-state index contributed by atoms with van der Waals surface area (Å²) < 4.78 is -1.18. The van der Waals surface area contributed by atoms with Crippen LogP contribution in [-0.4, -0.2) is 14.0 Å². The molecule has 0 radical (unpaired) electrons. The highest BCUT2D eigenvalue weighted by atomic mass is 35.6. The van der Waals surface area contributed by atoms with Gasteiger partial charge in [-0.2, -0.15) is 0 Å². The summed E-state index contributed by atoms with van der Waals surface area (Å²) in [5.74, 6) is 0. The van der Waals surface area contributed by atoms with Crippen molar-refractivity contribution in [2.75, 3.05) is 0 Å². The van der Waals surface area contributed by atoms with Gasteiger partial charge < -0.3 is 0 Å². The van der Waals surface area contributed by atoms with Crippen LogP contribution in [0.15, 0.2) is 11.8 Å². The first-order chi connectivity index (χ1) is 3.06. The summed E-state index contributed by atoms with van der Waals surface area (Å²) in [6, 6.07) is 0. The molecular weight excluding hydrogens is 170 g/mol. The Hall–Kier alpha value is 0.827. The lowest BCUT2D eigenvalue weighted by Crippen LogP contribution is -1.93. The second-order valence-corrected chi connectivity index (χ2v) is 4.08. The standard InChI is InChI=1S/C3H5Cl3Si/c4-3(5,6)1-2-7/h1-2H,7H3. The molecule has 0 aromatic heterocycles. The van der Waals surface area contributed by atoms with E-state index in [0.29, 0.717) is 0 Å². The number of rotatable bonds is 0. The van der Waals surface area contributed by atoms with E-state index in [2.05, 4.69) is 0 Å². The third-order valence-corrected chi connectivity index (χ3v) is 1.07. The van der Waals surface area contributed by atoms with E-state index in [4.69, 9.17) is 34.8 Å². The summed E-state index contributed by atoms with van der Waals surface area (Å²) in [6.45, 7) is 0. The Morgan fingerprint density at radius 3 is 1.71 bits per heavy atom. The number of allylic oxidation sites excluding steroid dienone is 1. The SMILES string of the molecule is [SiH3]C=CC(Cl)(Cl)Cl. The molecule has 0 aromatic carbocycles. The summed E-state index contributed by atoms with van der Waals surface area (Å²) >= 11 is 15.9. The molecule has 0 N–H and O–H groups in total. The molecule has 0 aromatic rings. The maximum atomic E-state index is 5.30. The van der Waals surface area contributed by atoms with E-state index >= 15 is 0 Å². The Morgan fingerprint density at radius 2 is 1.71 bits per heavy atom. The Bertz CT molecular complexity index is 72.7. The van der Waals surface area contributed by atoms with Gasteiger partial charge in [-0.15, -0.1) is 5.70 Å². The molecule has 0 atom stereocenters. The van der Waals surface area contributed by atoms with Gasteiger partial charge in [0, 0.05) is 10.2 Å². The summed E-state index contributed by atoms with van der Waals surface area (Å²) in [4.78, 5) is 0. The Morgan fingerprint density at radius 1 is 1.29 bits per heavy atom. The van der Waals surface area contributed by atoms with Gasteiger partial charge in [0.15, 0.2) is 0 Å². The van der Waals surface area contributed by atoms with Gasteiger partial charge in [-0.05, 0) is 6.08 Å². The molecule has 0 amide bonds. The van der Waals surface area contributed by atoms with Crippen LogP contribution in [0.1, 0.15) is 0 Å². The lowest BCUT2D eigenvalue weighted by Gasteiger charge is -1.99. The predicted molar refractivity (Wildman–Crippen MR) is 39.4 cm³/mol. The zero-order valence-corrected chi connectivity index (χ0v) is 8.06. The first-order valence-corrected chi connectivity index (χ1v) is 4.05. The largest absolute Gasteiger partial charge is 0.208 e. The first kappa shape index (κ1) is 7.83. The quantitative estimate of drug-likeness (QED) is 0.384. The van der Waals surface area contributed by atoms with Crippen molar-refractivity contribution >= 4 is 45.0 Å². The molecule has 0 heterocycles. The molecule has 0 aliphatic rings. The van der Waals surface area contributed by atoms with Gasteiger partial charge >= 0.3 is 0 Å². The summed E-state index contributed by atoms with van der Waals surface area (Å²) in [7, 11) is 0.936. The third kappa shape index (κ3) is 6.83. The molecule has 0 rings (SSSR count). The Balaban J connectivity index is 3.56. The number of alkyl halides is 3. The van der Waals surface area contributed by atoms with E-state index in [1.807, 2.05) is 5.70 Å². The second-order valence-electron chi connectivity index (χ2n) is 1.04. The molecule has 0 spiro atoms. The minimum Gasteiger partial charge on any atom is -0.105 e. The highest BCUT2D eigenvalue weighted by Crippen LogP contribution is 2.26. The van der Waals surface area contributed by atoms with E-state index in [1.165, 1.54) is 0 Å². The van der Waals surface area contributed by atoms with Gasteiger partial charge in [0.1, 0.15) is 0 Å². The fourth-order valence-corrected chi connectivity index (χ4v) is 1.70. The van der Waals surface area contributed by atoms with Gasteiger partial charge in [0.05, 0.1) is 0 Å². The van der Waals surface area contributed by atoms with Crippen LogP contribution in [0, 0.1) is 0 Å². The van der Waals surface area contributed by atoms with E-state index in [0.717, 1.165) is 10.2 Å². The maximum absolute atomic E-state index is 5.30. The van der Waals surface area contributed by atoms with E-state index in [-0.39, 0.29) is 0 Å². The Labute approximate surface area is 60.9 Å². The molecule has 0 aliphatic heterocycles. The van der Waals surface area contributed by atoms with Gasteiger partial charge in [0.2, 0.25) is 3.79 Å². The zero-order valence-electron chi connectivity index (χ0n) is 3.79. The zero-order chi connectivity index (χ0) is 5.91. The topological polar surface area (TPSA) is 0 Å². The van der Waals surface area contributed by atoms with Crippen molar-refractivity contribution < 1.29 is 0 Å². The van der Waals surface area contributed by atoms with E-state index in [9.17, 15) is 0 Å². The molecule has 0 bridgehead atoms. The first-order valence-electron chi connectivity index (χ1n) is 1.77. The maximum Gasteiger partial charge on any atom is 0.208 e. The van der Waals surface area contributed by atoms with Gasteiger partial charge in [-0.1, -0.05) is 34.8 Å². The molecule has 0 aliphatic carbocycles. The van der Waals surface area contributed by atoms with Crippen LogP contribution in [0.2, 0.25) is 0 Å². The smallest absolute Gasteiger partial charge is 0.105 e. The summed E-state index contributed by atoms with van der Waals surface area (Å²) in [5.41, 5.74) is 1.83. The molecule has 0 fully saturated rings. The molecule has 0 saturated carbocycles. The van der Waals surface area contributed by atoms with Crippen LogP contribution in [-0.2, 0) is 0 Å². The van der Waals surface area contributed by atoms with Crippen LogP contribution < -0.4 is 0 Å². The normalized spacial score (nSPS) is 13.6. The minimum atomic E-state index is -1.18. The average Bonchev–Trinajstić information content (AvgIpc) is 1.30. The minimum absolute atomic E-state index is 0.936. The second kappa shape index (κ2) is 2.97. The lowest BCUT2D eigenvalue weighted by atomic mass is 10.7. The number of hydrogen-bond donors (Lipinski definition) is 0. The van der Waals surface area contributed by atoms with Crippen molar-refractivity contribution in [2.24, 2.45) is 0 Å². The van der Waals surface area contributed by atoms with E-state index in [1.54, 1.807) is 6.08 Å². The lowest BCUT2D eigenvalue weighted by molar-refractivity contribution is 1.48. The van der Waals surface area contributed by atoms with Crippen LogP contribution >= 0.6 is 34.8 Å². The summed E-state index contributed by atoms with van der Waals surface area (Å²) in [5, 5.41) is 0.